The molecule has 5 nitrogen and oxygen atoms in total. The summed E-state index contributed by atoms with van der Waals surface area (Å²) < 4.78 is 5.23. The quantitative estimate of drug-likeness (QED) is 0.930. The summed E-state index contributed by atoms with van der Waals surface area (Å²) in [5.41, 5.74) is 3.18. The van der Waals surface area contributed by atoms with Gasteiger partial charge in [0.1, 0.15) is 0 Å². The lowest BCUT2D eigenvalue weighted by Gasteiger charge is -2.10. The molecule has 0 unspecified atom stereocenters. The molecule has 0 aliphatic heterocycles. The molecule has 19 heavy (non-hydrogen) atoms. The van der Waals surface area contributed by atoms with Gasteiger partial charge in [0.05, 0.1) is 6.61 Å². The molecular weight excluding hydrogens is 264 g/mol. The van der Waals surface area contributed by atoms with Crippen LogP contribution in [0.2, 0.25) is 5.28 Å². The fourth-order valence-electron chi connectivity index (χ4n) is 1.57. The predicted molar refractivity (Wildman–Crippen MR) is 75.2 cm³/mol. The van der Waals surface area contributed by atoms with E-state index in [1.165, 1.54) is 0 Å². The van der Waals surface area contributed by atoms with Crippen molar-refractivity contribution in [3.8, 4) is 6.01 Å². The number of anilines is 2. The third-order valence-corrected chi connectivity index (χ3v) is 2.67. The fraction of sp³-hybridized carbons (Fsp3) is 0.308. The topological polar surface area (TPSA) is 59.9 Å². The highest BCUT2D eigenvalue weighted by Gasteiger charge is 2.07. The van der Waals surface area contributed by atoms with Crippen LogP contribution in [0.15, 0.2) is 18.2 Å². The molecule has 0 saturated carbocycles. The summed E-state index contributed by atoms with van der Waals surface area (Å²) in [6.45, 7) is 6.36. The Bertz CT molecular complexity index is 589. The van der Waals surface area contributed by atoms with Crippen molar-refractivity contribution in [2.45, 2.75) is 20.8 Å². The summed E-state index contributed by atoms with van der Waals surface area (Å²) in [7, 11) is 0. The first-order valence-corrected chi connectivity index (χ1v) is 6.35. The van der Waals surface area contributed by atoms with E-state index >= 15 is 0 Å². The number of benzene rings is 1. The minimum Gasteiger partial charge on any atom is -0.464 e. The second kappa shape index (κ2) is 5.84. The van der Waals surface area contributed by atoms with Crippen LogP contribution in [0.3, 0.4) is 0 Å². The van der Waals surface area contributed by atoms with Crippen molar-refractivity contribution in [1.29, 1.82) is 0 Å². The van der Waals surface area contributed by atoms with Gasteiger partial charge in [0.25, 0.3) is 0 Å². The molecule has 6 heteroatoms. The standard InChI is InChI=1S/C13H15ClN4O/c1-4-19-13-17-11(14)16-12(18-13)15-10-7-8(2)5-6-9(10)3/h5-7H,4H2,1-3H3,(H,15,16,17,18). The maximum absolute atomic E-state index is 5.84. The molecule has 0 bridgehead atoms. The number of halogens is 1. The van der Waals surface area contributed by atoms with Gasteiger partial charge in [0.15, 0.2) is 0 Å². The van der Waals surface area contributed by atoms with Gasteiger partial charge in [0.2, 0.25) is 11.2 Å². The van der Waals surface area contributed by atoms with E-state index in [0.717, 1.165) is 16.8 Å². The van der Waals surface area contributed by atoms with Crippen molar-refractivity contribution in [3.63, 3.8) is 0 Å². The lowest BCUT2D eigenvalue weighted by atomic mass is 10.1. The zero-order chi connectivity index (χ0) is 13.8. The van der Waals surface area contributed by atoms with Crippen LogP contribution in [0, 0.1) is 13.8 Å². The van der Waals surface area contributed by atoms with Gasteiger partial charge in [-0.05, 0) is 49.6 Å². The number of nitrogens with zero attached hydrogens (tertiary/aromatic N) is 3. The van der Waals surface area contributed by atoms with E-state index < -0.39 is 0 Å². The van der Waals surface area contributed by atoms with Crippen molar-refractivity contribution < 1.29 is 4.74 Å². The summed E-state index contributed by atoms with van der Waals surface area (Å²) in [5, 5.41) is 3.23. The summed E-state index contributed by atoms with van der Waals surface area (Å²) >= 11 is 5.84. The highest BCUT2D eigenvalue weighted by Crippen LogP contribution is 2.21. The average molecular weight is 279 g/mol. The molecule has 0 radical (unpaired) electrons. The van der Waals surface area contributed by atoms with Crippen LogP contribution in [-0.4, -0.2) is 21.6 Å². The first-order valence-electron chi connectivity index (χ1n) is 5.97. The van der Waals surface area contributed by atoms with Crippen LogP contribution in [0.4, 0.5) is 11.6 Å². The molecule has 1 heterocycles. The van der Waals surface area contributed by atoms with Crippen molar-refractivity contribution >= 4 is 23.2 Å². The smallest absolute Gasteiger partial charge is 0.322 e. The molecular formula is C13H15ClN4O. The van der Waals surface area contributed by atoms with E-state index in [-0.39, 0.29) is 11.3 Å². The van der Waals surface area contributed by atoms with E-state index in [1.807, 2.05) is 39.0 Å². The van der Waals surface area contributed by atoms with E-state index in [9.17, 15) is 0 Å². The SMILES string of the molecule is CCOc1nc(Cl)nc(Nc2cc(C)ccc2C)n1. The molecule has 2 rings (SSSR count). The molecule has 0 atom stereocenters. The molecule has 1 aromatic heterocycles. The third-order valence-electron chi connectivity index (χ3n) is 2.50. The van der Waals surface area contributed by atoms with Crippen molar-refractivity contribution in [2.24, 2.45) is 0 Å². The lowest BCUT2D eigenvalue weighted by Crippen LogP contribution is -2.04. The number of aromatic nitrogens is 3. The number of aryl methyl sites for hydroxylation is 2. The third kappa shape index (κ3) is 3.54. The number of nitrogens with one attached hydrogen (secondary N) is 1. The molecule has 2 aromatic rings. The van der Waals surface area contributed by atoms with Gasteiger partial charge in [-0.2, -0.15) is 15.0 Å². The Labute approximate surface area is 117 Å². The largest absolute Gasteiger partial charge is 0.464 e. The van der Waals surface area contributed by atoms with Crippen LogP contribution < -0.4 is 10.1 Å². The van der Waals surface area contributed by atoms with Crippen LogP contribution in [0.1, 0.15) is 18.1 Å². The highest BCUT2D eigenvalue weighted by molar-refractivity contribution is 6.28. The van der Waals surface area contributed by atoms with Crippen LogP contribution in [0.25, 0.3) is 0 Å². The molecule has 100 valence electrons. The summed E-state index contributed by atoms with van der Waals surface area (Å²) in [5.74, 6) is 0.372. The number of hydrogen-bond acceptors (Lipinski definition) is 5. The average Bonchev–Trinajstić information content (AvgIpc) is 2.33. The normalized spacial score (nSPS) is 10.3. The second-order valence-electron chi connectivity index (χ2n) is 4.09. The van der Waals surface area contributed by atoms with Gasteiger partial charge in [-0.25, -0.2) is 0 Å². The van der Waals surface area contributed by atoms with Crippen molar-refractivity contribution in [1.82, 2.24) is 15.0 Å². The zero-order valence-corrected chi connectivity index (χ0v) is 11.8. The molecule has 0 amide bonds. The van der Waals surface area contributed by atoms with Crippen molar-refractivity contribution in [2.75, 3.05) is 11.9 Å². The Balaban J connectivity index is 2.29. The molecule has 0 spiro atoms. The molecule has 1 N–H and O–H groups in total. The van der Waals surface area contributed by atoms with Crippen LogP contribution in [-0.2, 0) is 0 Å². The maximum atomic E-state index is 5.84. The van der Waals surface area contributed by atoms with Crippen molar-refractivity contribution in [3.05, 3.63) is 34.6 Å². The number of rotatable bonds is 4. The predicted octanol–water partition coefficient (Wildman–Crippen LogP) is 3.28. The Morgan fingerprint density at radius 3 is 2.74 bits per heavy atom. The van der Waals surface area contributed by atoms with Gasteiger partial charge < -0.3 is 10.1 Å². The summed E-state index contributed by atoms with van der Waals surface area (Å²) in [4.78, 5) is 12.1. The van der Waals surface area contributed by atoms with E-state index in [4.69, 9.17) is 16.3 Å². The molecule has 0 saturated heterocycles. The summed E-state index contributed by atoms with van der Waals surface area (Å²) in [6.07, 6.45) is 0. The molecule has 0 aliphatic rings. The number of hydrogen-bond donors (Lipinski definition) is 1. The van der Waals surface area contributed by atoms with Crippen LogP contribution >= 0.6 is 11.6 Å². The first kappa shape index (κ1) is 13.5. The van der Waals surface area contributed by atoms with Gasteiger partial charge >= 0.3 is 6.01 Å². The van der Waals surface area contributed by atoms with E-state index in [0.29, 0.717) is 12.6 Å². The minimum absolute atomic E-state index is 0.103. The van der Waals surface area contributed by atoms with Gasteiger partial charge in [-0.1, -0.05) is 12.1 Å². The minimum atomic E-state index is 0.103. The maximum Gasteiger partial charge on any atom is 0.322 e. The molecule has 0 aliphatic carbocycles. The molecule has 1 aromatic carbocycles. The van der Waals surface area contributed by atoms with E-state index in [1.54, 1.807) is 0 Å². The van der Waals surface area contributed by atoms with E-state index in [2.05, 4.69) is 20.3 Å². The Hall–Kier alpha value is -1.88. The van der Waals surface area contributed by atoms with Gasteiger partial charge in [0, 0.05) is 5.69 Å². The number of ether oxygens (including phenoxy) is 1. The Kier molecular flexibility index (Phi) is 4.16. The summed E-state index contributed by atoms with van der Waals surface area (Å²) in [6, 6.07) is 6.32. The second-order valence-corrected chi connectivity index (χ2v) is 4.43. The lowest BCUT2D eigenvalue weighted by molar-refractivity contribution is 0.312. The Morgan fingerprint density at radius 2 is 2.00 bits per heavy atom. The highest BCUT2D eigenvalue weighted by atomic mass is 35.5. The zero-order valence-electron chi connectivity index (χ0n) is 11.1. The van der Waals surface area contributed by atoms with Gasteiger partial charge in [-0.3, -0.25) is 0 Å². The molecule has 0 fully saturated rings. The Morgan fingerprint density at radius 1 is 1.21 bits per heavy atom. The van der Waals surface area contributed by atoms with Crippen LogP contribution in [0.5, 0.6) is 6.01 Å². The first-order chi connectivity index (χ1) is 9.08. The monoisotopic (exact) mass is 278 g/mol. The fourth-order valence-corrected chi connectivity index (χ4v) is 1.72. The van der Waals surface area contributed by atoms with Gasteiger partial charge in [-0.15, -0.1) is 0 Å².